The van der Waals surface area contributed by atoms with Gasteiger partial charge in [0.05, 0.1) is 17.6 Å². The van der Waals surface area contributed by atoms with Gasteiger partial charge in [-0.25, -0.2) is 19.0 Å². The highest BCUT2D eigenvalue weighted by Crippen LogP contribution is 2.28. The first-order chi connectivity index (χ1) is 13.3. The standard InChI is InChI=1S/C19H17FN2O5S/c1-4-26-19(25)14-9(2)13-16(23)21-15(22-17(13)28-14)10(3)27-18(24)11-5-7-12(20)8-6-11/h5-8,10H,4H2,1-3H3,(H,21,22,23)/t10-/m1/s1. The molecule has 7 nitrogen and oxygen atoms in total. The molecule has 0 saturated carbocycles. The molecule has 3 rings (SSSR count). The van der Waals surface area contributed by atoms with Gasteiger partial charge in [-0.2, -0.15) is 0 Å². The van der Waals surface area contributed by atoms with Crippen molar-refractivity contribution in [1.82, 2.24) is 9.97 Å². The minimum Gasteiger partial charge on any atom is -0.462 e. The summed E-state index contributed by atoms with van der Waals surface area (Å²) in [6.45, 7) is 5.12. The Morgan fingerprint density at radius 2 is 1.93 bits per heavy atom. The van der Waals surface area contributed by atoms with Crippen LogP contribution in [0.5, 0.6) is 0 Å². The Hall–Kier alpha value is -3.07. The number of fused-ring (bicyclic) bond motifs is 1. The summed E-state index contributed by atoms with van der Waals surface area (Å²) in [6.07, 6.45) is -0.858. The Labute approximate surface area is 163 Å². The molecule has 0 saturated heterocycles. The van der Waals surface area contributed by atoms with Crippen LogP contribution in [0.25, 0.3) is 10.2 Å². The fourth-order valence-corrected chi connectivity index (χ4v) is 3.70. The van der Waals surface area contributed by atoms with Crippen LogP contribution in [0.4, 0.5) is 4.39 Å². The lowest BCUT2D eigenvalue weighted by molar-refractivity contribution is 0.0319. The van der Waals surface area contributed by atoms with Crippen LogP contribution >= 0.6 is 11.3 Å². The number of hydrogen-bond donors (Lipinski definition) is 1. The van der Waals surface area contributed by atoms with Crippen molar-refractivity contribution in [3.8, 4) is 0 Å². The summed E-state index contributed by atoms with van der Waals surface area (Å²) in [4.78, 5) is 44.3. The molecule has 0 bridgehead atoms. The highest BCUT2D eigenvalue weighted by atomic mass is 32.1. The highest BCUT2D eigenvalue weighted by Gasteiger charge is 2.22. The second kappa shape index (κ2) is 7.89. The number of carbonyl (C=O) groups excluding carboxylic acids is 2. The number of aromatic amines is 1. The summed E-state index contributed by atoms with van der Waals surface area (Å²) in [7, 11) is 0. The van der Waals surface area contributed by atoms with E-state index in [1.165, 1.54) is 12.1 Å². The van der Waals surface area contributed by atoms with Gasteiger partial charge in [0.25, 0.3) is 5.56 Å². The number of thiophene rings is 1. The normalized spacial score (nSPS) is 12.0. The van der Waals surface area contributed by atoms with E-state index in [4.69, 9.17) is 9.47 Å². The molecular formula is C19H17FN2O5S. The van der Waals surface area contributed by atoms with Crippen molar-refractivity contribution in [2.45, 2.75) is 26.9 Å². The number of hydrogen-bond acceptors (Lipinski definition) is 7. The molecule has 0 radical (unpaired) electrons. The van der Waals surface area contributed by atoms with E-state index in [9.17, 15) is 18.8 Å². The number of nitrogens with zero attached hydrogens (tertiary/aromatic N) is 1. The predicted molar refractivity (Wildman–Crippen MR) is 101 cm³/mol. The lowest BCUT2D eigenvalue weighted by Gasteiger charge is -2.12. The number of aryl methyl sites for hydroxylation is 1. The van der Waals surface area contributed by atoms with E-state index >= 15 is 0 Å². The van der Waals surface area contributed by atoms with Crippen LogP contribution in [0.2, 0.25) is 0 Å². The van der Waals surface area contributed by atoms with Gasteiger partial charge in [0, 0.05) is 0 Å². The third kappa shape index (κ3) is 3.79. The topological polar surface area (TPSA) is 98.3 Å². The van der Waals surface area contributed by atoms with Gasteiger partial charge < -0.3 is 14.5 Å². The summed E-state index contributed by atoms with van der Waals surface area (Å²) in [5.74, 6) is -1.51. The van der Waals surface area contributed by atoms with Gasteiger partial charge >= 0.3 is 11.9 Å². The lowest BCUT2D eigenvalue weighted by Crippen LogP contribution is -2.17. The molecule has 2 heterocycles. The van der Waals surface area contributed by atoms with Crippen LogP contribution in [0.3, 0.4) is 0 Å². The molecular weight excluding hydrogens is 387 g/mol. The van der Waals surface area contributed by atoms with E-state index in [2.05, 4.69) is 9.97 Å². The van der Waals surface area contributed by atoms with Gasteiger partial charge in [-0.1, -0.05) is 0 Å². The van der Waals surface area contributed by atoms with E-state index < -0.39 is 29.4 Å². The van der Waals surface area contributed by atoms with Crippen molar-refractivity contribution in [2.24, 2.45) is 0 Å². The first-order valence-electron chi connectivity index (χ1n) is 8.48. The van der Waals surface area contributed by atoms with Gasteiger partial charge in [0.2, 0.25) is 0 Å². The van der Waals surface area contributed by atoms with Crippen LogP contribution in [0, 0.1) is 12.7 Å². The monoisotopic (exact) mass is 404 g/mol. The Morgan fingerprint density at radius 3 is 2.57 bits per heavy atom. The van der Waals surface area contributed by atoms with Crippen molar-refractivity contribution in [3.63, 3.8) is 0 Å². The van der Waals surface area contributed by atoms with Gasteiger partial charge in [0.15, 0.2) is 11.9 Å². The van der Waals surface area contributed by atoms with Crippen molar-refractivity contribution < 1.29 is 23.5 Å². The molecule has 146 valence electrons. The number of ether oxygens (including phenoxy) is 2. The number of esters is 2. The van der Waals surface area contributed by atoms with Crippen LogP contribution in [0.1, 0.15) is 51.4 Å². The van der Waals surface area contributed by atoms with Crippen LogP contribution in [-0.4, -0.2) is 28.5 Å². The maximum Gasteiger partial charge on any atom is 0.348 e. The number of benzene rings is 1. The van der Waals surface area contributed by atoms with Crippen LogP contribution in [0.15, 0.2) is 29.1 Å². The molecule has 0 aliphatic carbocycles. The van der Waals surface area contributed by atoms with E-state index in [0.717, 1.165) is 23.5 Å². The Balaban J connectivity index is 1.90. The molecule has 0 aliphatic heterocycles. The zero-order chi connectivity index (χ0) is 20.4. The van der Waals surface area contributed by atoms with Gasteiger partial charge in [-0.3, -0.25) is 4.79 Å². The zero-order valence-corrected chi connectivity index (χ0v) is 16.2. The molecule has 0 aliphatic rings. The van der Waals surface area contributed by atoms with Crippen molar-refractivity contribution in [3.05, 3.63) is 62.3 Å². The third-order valence-electron chi connectivity index (χ3n) is 4.03. The first-order valence-corrected chi connectivity index (χ1v) is 9.30. The van der Waals surface area contributed by atoms with Crippen molar-refractivity contribution in [2.75, 3.05) is 6.61 Å². The molecule has 0 fully saturated rings. The van der Waals surface area contributed by atoms with Crippen LogP contribution in [-0.2, 0) is 9.47 Å². The maximum absolute atomic E-state index is 13.0. The number of carbonyl (C=O) groups is 2. The molecule has 0 spiro atoms. The molecule has 2 aromatic heterocycles. The number of aromatic nitrogens is 2. The lowest BCUT2D eigenvalue weighted by atomic mass is 10.2. The van der Waals surface area contributed by atoms with Gasteiger partial charge in [0.1, 0.15) is 15.5 Å². The molecule has 9 heteroatoms. The minimum atomic E-state index is -0.858. The van der Waals surface area contributed by atoms with Gasteiger partial charge in [-0.05, 0) is 50.6 Å². The summed E-state index contributed by atoms with van der Waals surface area (Å²) in [6, 6.07) is 4.91. The van der Waals surface area contributed by atoms with E-state index in [1.54, 1.807) is 20.8 Å². The van der Waals surface area contributed by atoms with Crippen molar-refractivity contribution >= 4 is 33.5 Å². The van der Waals surface area contributed by atoms with E-state index in [0.29, 0.717) is 20.7 Å². The number of rotatable bonds is 5. The smallest absolute Gasteiger partial charge is 0.348 e. The molecule has 1 N–H and O–H groups in total. The fraction of sp³-hybridized carbons (Fsp3) is 0.263. The molecule has 3 aromatic rings. The molecule has 0 amide bonds. The Morgan fingerprint density at radius 1 is 1.25 bits per heavy atom. The first kappa shape index (κ1) is 19.7. The summed E-state index contributed by atoms with van der Waals surface area (Å²) in [5.41, 5.74) is 0.233. The Kier molecular flexibility index (Phi) is 5.55. The maximum atomic E-state index is 13.0. The summed E-state index contributed by atoms with van der Waals surface area (Å²) >= 11 is 1.05. The average molecular weight is 404 g/mol. The average Bonchev–Trinajstić information content (AvgIpc) is 2.99. The number of halogens is 1. The summed E-state index contributed by atoms with van der Waals surface area (Å²) < 4.78 is 23.3. The van der Waals surface area contributed by atoms with Crippen molar-refractivity contribution in [1.29, 1.82) is 0 Å². The fourth-order valence-electron chi connectivity index (χ4n) is 2.61. The SMILES string of the molecule is CCOC(=O)c1sc2nc([C@@H](C)OC(=O)c3ccc(F)cc3)[nH]c(=O)c2c1C. The number of nitrogens with one attached hydrogen (secondary N) is 1. The predicted octanol–water partition coefficient (Wildman–Crippen LogP) is 3.53. The third-order valence-corrected chi connectivity index (χ3v) is 5.19. The summed E-state index contributed by atoms with van der Waals surface area (Å²) in [5, 5.41) is 0.300. The molecule has 0 unspecified atom stereocenters. The van der Waals surface area contributed by atoms with Gasteiger partial charge in [-0.15, -0.1) is 11.3 Å². The largest absolute Gasteiger partial charge is 0.462 e. The number of H-pyrrole nitrogens is 1. The second-order valence-electron chi connectivity index (χ2n) is 5.96. The Bertz CT molecular complexity index is 1100. The molecule has 28 heavy (non-hydrogen) atoms. The molecule has 1 atom stereocenters. The van der Waals surface area contributed by atoms with E-state index in [-0.39, 0.29) is 18.0 Å². The quantitative estimate of drug-likeness (QED) is 0.653. The minimum absolute atomic E-state index is 0.143. The zero-order valence-electron chi connectivity index (χ0n) is 15.4. The second-order valence-corrected chi connectivity index (χ2v) is 6.96. The molecule has 1 aromatic carbocycles. The van der Waals surface area contributed by atoms with E-state index in [1.807, 2.05) is 0 Å². The van der Waals surface area contributed by atoms with Crippen LogP contribution < -0.4 is 5.56 Å². The highest BCUT2D eigenvalue weighted by molar-refractivity contribution is 7.20.